The Hall–Kier alpha value is -0.360. The molecule has 3 unspecified atom stereocenters. The lowest BCUT2D eigenvalue weighted by Gasteiger charge is -2.27. The molecule has 5 nitrogen and oxygen atoms in total. The summed E-state index contributed by atoms with van der Waals surface area (Å²) in [5, 5.41) is 12.6. The average molecular weight is 293 g/mol. The number of aliphatic hydroxyl groups is 1. The SMILES string of the molecule is Cl.NC(C(=O)NCC1CCCC1O)C1CCOCC1. The average Bonchev–Trinajstić information content (AvgIpc) is 2.81. The molecule has 0 radical (unpaired) electrons. The van der Waals surface area contributed by atoms with Crippen molar-refractivity contribution in [2.75, 3.05) is 19.8 Å². The standard InChI is InChI=1S/C13H24N2O3.ClH/c14-12(9-4-6-18-7-5-9)13(17)15-8-10-2-1-3-11(10)16;/h9-12,16H,1-8,14H2,(H,15,17);1H. The molecule has 1 saturated carbocycles. The summed E-state index contributed by atoms with van der Waals surface area (Å²) in [4.78, 5) is 11.9. The van der Waals surface area contributed by atoms with E-state index in [-0.39, 0.29) is 36.3 Å². The number of aliphatic hydroxyl groups excluding tert-OH is 1. The van der Waals surface area contributed by atoms with Gasteiger partial charge in [-0.05, 0) is 31.6 Å². The summed E-state index contributed by atoms with van der Waals surface area (Å²) in [7, 11) is 0. The van der Waals surface area contributed by atoms with Gasteiger partial charge in [0.05, 0.1) is 12.1 Å². The summed E-state index contributed by atoms with van der Waals surface area (Å²) < 4.78 is 5.26. The molecule has 4 N–H and O–H groups in total. The lowest BCUT2D eigenvalue weighted by Crippen LogP contribution is -2.48. The largest absolute Gasteiger partial charge is 0.393 e. The van der Waals surface area contributed by atoms with Gasteiger partial charge in [-0.15, -0.1) is 12.4 Å². The maximum absolute atomic E-state index is 11.9. The van der Waals surface area contributed by atoms with Gasteiger partial charge in [-0.25, -0.2) is 0 Å². The van der Waals surface area contributed by atoms with Crippen LogP contribution in [0.25, 0.3) is 0 Å². The summed E-state index contributed by atoms with van der Waals surface area (Å²) in [6.07, 6.45) is 4.36. The molecule has 0 spiro atoms. The quantitative estimate of drug-likeness (QED) is 0.702. The summed E-state index contributed by atoms with van der Waals surface area (Å²) >= 11 is 0. The van der Waals surface area contributed by atoms with Crippen LogP contribution in [0.5, 0.6) is 0 Å². The Balaban J connectivity index is 0.00000180. The molecular formula is C13H25ClN2O3. The lowest BCUT2D eigenvalue weighted by atomic mass is 9.91. The Bertz CT molecular complexity index is 285. The van der Waals surface area contributed by atoms with Crippen molar-refractivity contribution in [3.63, 3.8) is 0 Å². The highest BCUT2D eigenvalue weighted by molar-refractivity contribution is 5.85. The molecule has 0 aromatic heterocycles. The number of carbonyl (C=O) groups is 1. The first kappa shape index (κ1) is 16.7. The predicted molar refractivity (Wildman–Crippen MR) is 75.1 cm³/mol. The minimum atomic E-state index is -0.438. The zero-order valence-corrected chi connectivity index (χ0v) is 12.0. The van der Waals surface area contributed by atoms with E-state index < -0.39 is 6.04 Å². The number of hydrogen-bond acceptors (Lipinski definition) is 4. The fraction of sp³-hybridized carbons (Fsp3) is 0.923. The van der Waals surface area contributed by atoms with E-state index in [1.807, 2.05) is 0 Å². The molecule has 19 heavy (non-hydrogen) atoms. The van der Waals surface area contributed by atoms with Crippen molar-refractivity contribution < 1.29 is 14.6 Å². The predicted octanol–water partition coefficient (Wildman–Crippen LogP) is 0.439. The van der Waals surface area contributed by atoms with Crippen molar-refractivity contribution in [1.29, 1.82) is 0 Å². The Morgan fingerprint density at radius 3 is 2.58 bits per heavy atom. The Morgan fingerprint density at radius 2 is 2.00 bits per heavy atom. The first-order chi connectivity index (χ1) is 8.68. The third kappa shape index (κ3) is 4.60. The Morgan fingerprint density at radius 1 is 1.32 bits per heavy atom. The highest BCUT2D eigenvalue weighted by atomic mass is 35.5. The van der Waals surface area contributed by atoms with Crippen LogP contribution in [0.1, 0.15) is 32.1 Å². The maximum Gasteiger partial charge on any atom is 0.237 e. The lowest BCUT2D eigenvalue weighted by molar-refractivity contribution is -0.124. The molecule has 1 aliphatic carbocycles. The summed E-state index contributed by atoms with van der Waals surface area (Å²) in [6.45, 7) is 1.96. The molecule has 1 heterocycles. The van der Waals surface area contributed by atoms with Gasteiger partial charge in [0.1, 0.15) is 0 Å². The van der Waals surface area contributed by atoms with Crippen LogP contribution in [0.15, 0.2) is 0 Å². The summed E-state index contributed by atoms with van der Waals surface area (Å²) in [5.74, 6) is 0.351. The van der Waals surface area contributed by atoms with E-state index >= 15 is 0 Å². The molecule has 112 valence electrons. The molecule has 2 rings (SSSR count). The van der Waals surface area contributed by atoms with Gasteiger partial charge >= 0.3 is 0 Å². The van der Waals surface area contributed by atoms with Crippen LogP contribution in [0.2, 0.25) is 0 Å². The molecule has 0 aromatic carbocycles. The van der Waals surface area contributed by atoms with E-state index in [0.29, 0.717) is 19.8 Å². The Labute approximate surface area is 120 Å². The second-order valence-electron chi connectivity index (χ2n) is 5.48. The molecule has 2 fully saturated rings. The molecular weight excluding hydrogens is 268 g/mol. The highest BCUT2D eigenvalue weighted by Gasteiger charge is 2.29. The number of amides is 1. The minimum Gasteiger partial charge on any atom is -0.393 e. The number of ether oxygens (including phenoxy) is 1. The Kier molecular flexibility index (Phi) is 7.07. The first-order valence-corrected chi connectivity index (χ1v) is 6.97. The second kappa shape index (κ2) is 8.04. The number of hydrogen-bond donors (Lipinski definition) is 3. The van der Waals surface area contributed by atoms with Gasteiger partial charge in [0.2, 0.25) is 5.91 Å². The van der Waals surface area contributed by atoms with Crippen molar-refractivity contribution >= 4 is 18.3 Å². The topological polar surface area (TPSA) is 84.6 Å². The van der Waals surface area contributed by atoms with Gasteiger partial charge in [-0.2, -0.15) is 0 Å². The smallest absolute Gasteiger partial charge is 0.237 e. The summed E-state index contributed by atoms with van der Waals surface area (Å²) in [6, 6.07) is -0.438. The van der Waals surface area contributed by atoms with Crippen molar-refractivity contribution in [3.8, 4) is 0 Å². The molecule has 0 bridgehead atoms. The number of rotatable bonds is 4. The molecule has 1 aliphatic heterocycles. The van der Waals surface area contributed by atoms with Crippen LogP contribution in [-0.2, 0) is 9.53 Å². The van der Waals surface area contributed by atoms with Crippen molar-refractivity contribution in [2.45, 2.75) is 44.2 Å². The molecule has 1 amide bonds. The number of halogens is 1. The third-order valence-electron chi connectivity index (χ3n) is 4.23. The second-order valence-corrected chi connectivity index (χ2v) is 5.48. The van der Waals surface area contributed by atoms with E-state index in [1.165, 1.54) is 0 Å². The zero-order valence-electron chi connectivity index (χ0n) is 11.2. The van der Waals surface area contributed by atoms with Gasteiger partial charge in [0.25, 0.3) is 0 Å². The van der Waals surface area contributed by atoms with E-state index in [1.54, 1.807) is 0 Å². The zero-order chi connectivity index (χ0) is 13.0. The van der Waals surface area contributed by atoms with Gasteiger partial charge < -0.3 is 20.9 Å². The number of nitrogens with one attached hydrogen (secondary N) is 1. The number of nitrogens with two attached hydrogens (primary N) is 1. The molecule has 6 heteroatoms. The molecule has 0 aromatic rings. The normalized spacial score (nSPS) is 29.6. The van der Waals surface area contributed by atoms with E-state index in [9.17, 15) is 9.90 Å². The van der Waals surface area contributed by atoms with Crippen LogP contribution >= 0.6 is 12.4 Å². The van der Waals surface area contributed by atoms with Crippen LogP contribution in [0, 0.1) is 11.8 Å². The van der Waals surface area contributed by atoms with Crippen LogP contribution in [-0.4, -0.2) is 42.9 Å². The van der Waals surface area contributed by atoms with Crippen LogP contribution in [0.3, 0.4) is 0 Å². The van der Waals surface area contributed by atoms with Crippen LogP contribution < -0.4 is 11.1 Å². The fourth-order valence-corrected chi connectivity index (χ4v) is 2.89. The number of carbonyl (C=O) groups excluding carboxylic acids is 1. The van der Waals surface area contributed by atoms with E-state index in [4.69, 9.17) is 10.5 Å². The van der Waals surface area contributed by atoms with Gasteiger partial charge in [-0.1, -0.05) is 6.42 Å². The highest BCUT2D eigenvalue weighted by Crippen LogP contribution is 2.24. The monoisotopic (exact) mass is 292 g/mol. The molecule has 2 aliphatic rings. The van der Waals surface area contributed by atoms with Gasteiger partial charge in [0, 0.05) is 25.7 Å². The van der Waals surface area contributed by atoms with E-state index in [0.717, 1.165) is 32.1 Å². The molecule has 3 atom stereocenters. The first-order valence-electron chi connectivity index (χ1n) is 6.97. The molecule has 1 saturated heterocycles. The van der Waals surface area contributed by atoms with E-state index in [2.05, 4.69) is 5.32 Å². The minimum absolute atomic E-state index is 0. The van der Waals surface area contributed by atoms with Gasteiger partial charge in [-0.3, -0.25) is 4.79 Å². The third-order valence-corrected chi connectivity index (χ3v) is 4.23. The fourth-order valence-electron chi connectivity index (χ4n) is 2.89. The van der Waals surface area contributed by atoms with Crippen molar-refractivity contribution in [3.05, 3.63) is 0 Å². The maximum atomic E-state index is 11.9. The van der Waals surface area contributed by atoms with Crippen molar-refractivity contribution in [1.82, 2.24) is 5.32 Å². The van der Waals surface area contributed by atoms with Crippen molar-refractivity contribution in [2.24, 2.45) is 17.6 Å². The summed E-state index contributed by atoms with van der Waals surface area (Å²) in [5.41, 5.74) is 5.98. The van der Waals surface area contributed by atoms with Crippen LogP contribution in [0.4, 0.5) is 0 Å². The van der Waals surface area contributed by atoms with Gasteiger partial charge in [0.15, 0.2) is 0 Å².